The Morgan fingerprint density at radius 2 is 0.967 bits per heavy atom. The minimum atomic E-state index is 0.00363. The molecule has 0 aliphatic rings. The van der Waals surface area contributed by atoms with E-state index in [0.29, 0.717) is 0 Å². The number of nitrogen functional groups attached to an aromatic ring is 2. The molecular formula is C18H8Cl8N2O2. The zero-order valence-electron chi connectivity index (χ0n) is 14.3. The van der Waals surface area contributed by atoms with Gasteiger partial charge < -0.3 is 20.9 Å². The quantitative estimate of drug-likeness (QED) is 0.243. The van der Waals surface area contributed by atoms with Crippen molar-refractivity contribution >= 4 is 104 Å². The van der Waals surface area contributed by atoms with E-state index in [9.17, 15) is 0 Å². The van der Waals surface area contributed by atoms with Gasteiger partial charge in [0.15, 0.2) is 5.75 Å². The zero-order valence-corrected chi connectivity index (χ0v) is 20.4. The van der Waals surface area contributed by atoms with E-state index in [1.54, 1.807) is 0 Å². The van der Waals surface area contributed by atoms with Crippen molar-refractivity contribution in [1.29, 1.82) is 0 Å². The number of benzene rings is 3. The molecule has 12 heteroatoms. The van der Waals surface area contributed by atoms with Crippen LogP contribution < -0.4 is 20.9 Å². The van der Waals surface area contributed by atoms with E-state index in [4.69, 9.17) is 114 Å². The first-order chi connectivity index (χ1) is 14.0. The third-order valence-corrected chi connectivity index (χ3v) is 6.80. The summed E-state index contributed by atoms with van der Waals surface area (Å²) >= 11 is 49.1. The van der Waals surface area contributed by atoms with Gasteiger partial charge >= 0.3 is 0 Å². The number of anilines is 2. The first kappa shape index (κ1) is 23.8. The lowest BCUT2D eigenvalue weighted by Gasteiger charge is -2.17. The maximum Gasteiger partial charge on any atom is 0.168 e. The van der Waals surface area contributed by atoms with Gasteiger partial charge in [-0.25, -0.2) is 0 Å². The van der Waals surface area contributed by atoms with Gasteiger partial charge in [-0.2, -0.15) is 0 Å². The van der Waals surface area contributed by atoms with E-state index in [0.717, 1.165) is 0 Å². The monoisotopic (exact) mass is 564 g/mol. The molecule has 4 nitrogen and oxygen atoms in total. The van der Waals surface area contributed by atoms with Crippen molar-refractivity contribution in [1.82, 2.24) is 0 Å². The molecule has 0 aromatic heterocycles. The van der Waals surface area contributed by atoms with Gasteiger partial charge in [0.25, 0.3) is 0 Å². The van der Waals surface area contributed by atoms with E-state index in [1.165, 1.54) is 24.3 Å². The Balaban J connectivity index is 2.04. The molecule has 0 amide bonds. The summed E-state index contributed by atoms with van der Waals surface area (Å²) in [4.78, 5) is 0. The van der Waals surface area contributed by atoms with Crippen LogP contribution in [0.25, 0.3) is 0 Å². The second kappa shape index (κ2) is 9.35. The molecule has 0 unspecified atom stereocenters. The van der Waals surface area contributed by atoms with Gasteiger partial charge in [-0.3, -0.25) is 0 Å². The van der Waals surface area contributed by atoms with Gasteiger partial charge in [-0.05, 0) is 12.1 Å². The van der Waals surface area contributed by atoms with Gasteiger partial charge in [-0.15, -0.1) is 0 Å². The predicted octanol–water partition coefficient (Wildman–Crippen LogP) is 9.66. The summed E-state index contributed by atoms with van der Waals surface area (Å²) in [6.45, 7) is 0. The first-order valence-electron chi connectivity index (χ1n) is 7.72. The summed E-state index contributed by atoms with van der Waals surface area (Å²) in [7, 11) is 0. The minimum absolute atomic E-state index is 0.00363. The van der Waals surface area contributed by atoms with Crippen molar-refractivity contribution in [2.45, 2.75) is 0 Å². The van der Waals surface area contributed by atoms with Gasteiger partial charge in [0.2, 0.25) is 0 Å². The van der Waals surface area contributed by atoms with Gasteiger partial charge in [0.05, 0.1) is 36.5 Å². The fraction of sp³-hybridized carbons (Fsp3) is 0. The molecule has 158 valence electrons. The van der Waals surface area contributed by atoms with E-state index in [2.05, 4.69) is 0 Å². The molecule has 0 aliphatic heterocycles. The predicted molar refractivity (Wildman–Crippen MR) is 128 cm³/mol. The lowest BCUT2D eigenvalue weighted by molar-refractivity contribution is 0.461. The van der Waals surface area contributed by atoms with Crippen LogP contribution >= 0.6 is 92.8 Å². The van der Waals surface area contributed by atoms with E-state index in [-0.39, 0.29) is 74.6 Å². The van der Waals surface area contributed by atoms with Crippen molar-refractivity contribution in [3.05, 3.63) is 64.4 Å². The highest BCUT2D eigenvalue weighted by atomic mass is 35.5. The smallest absolute Gasteiger partial charge is 0.168 e. The molecule has 3 rings (SSSR count). The lowest BCUT2D eigenvalue weighted by Crippen LogP contribution is -1.96. The van der Waals surface area contributed by atoms with Crippen LogP contribution in [-0.2, 0) is 0 Å². The number of ether oxygens (including phenoxy) is 2. The molecular weight excluding hydrogens is 560 g/mol. The number of rotatable bonds is 4. The molecule has 0 aliphatic carbocycles. The molecule has 0 saturated heterocycles. The van der Waals surface area contributed by atoms with Crippen LogP contribution in [0.2, 0.25) is 40.2 Å². The van der Waals surface area contributed by atoms with Crippen LogP contribution in [0.4, 0.5) is 11.4 Å². The van der Waals surface area contributed by atoms with Crippen molar-refractivity contribution in [2.24, 2.45) is 0 Å². The molecule has 0 radical (unpaired) electrons. The van der Waals surface area contributed by atoms with Crippen molar-refractivity contribution in [3.63, 3.8) is 0 Å². The van der Waals surface area contributed by atoms with Gasteiger partial charge in [-0.1, -0.05) is 92.8 Å². The molecule has 4 N–H and O–H groups in total. The highest BCUT2D eigenvalue weighted by molar-refractivity contribution is 6.47. The second-order valence-corrected chi connectivity index (χ2v) is 8.80. The average Bonchev–Trinajstić information content (AvgIpc) is 2.71. The normalized spacial score (nSPS) is 10.9. The van der Waals surface area contributed by atoms with Crippen LogP contribution in [-0.4, -0.2) is 0 Å². The summed E-state index contributed by atoms with van der Waals surface area (Å²) in [6, 6.07) is 5.75. The fourth-order valence-electron chi connectivity index (χ4n) is 2.26. The molecule has 0 heterocycles. The molecule has 0 atom stereocenters. The third-order valence-electron chi connectivity index (χ3n) is 3.76. The van der Waals surface area contributed by atoms with Crippen molar-refractivity contribution < 1.29 is 9.47 Å². The van der Waals surface area contributed by atoms with Crippen LogP contribution in [0.1, 0.15) is 0 Å². The van der Waals surface area contributed by atoms with E-state index in [1.807, 2.05) is 0 Å². The van der Waals surface area contributed by atoms with Crippen LogP contribution in [0.5, 0.6) is 23.0 Å². The molecule has 0 bridgehead atoms. The number of nitrogens with two attached hydrogens (primary N) is 2. The minimum Gasteiger partial charge on any atom is -0.454 e. The Hall–Kier alpha value is -0.820. The maximum absolute atomic E-state index is 6.44. The maximum atomic E-state index is 6.44. The Morgan fingerprint density at radius 1 is 0.500 bits per heavy atom. The van der Waals surface area contributed by atoms with Crippen LogP contribution in [0, 0.1) is 0 Å². The largest absolute Gasteiger partial charge is 0.454 e. The third kappa shape index (κ3) is 4.52. The molecule has 0 fully saturated rings. The topological polar surface area (TPSA) is 70.5 Å². The Labute approximate surface area is 211 Å². The average molecular weight is 568 g/mol. The highest BCUT2D eigenvalue weighted by Crippen LogP contribution is 2.49. The summed E-state index contributed by atoms with van der Waals surface area (Å²) in [6.07, 6.45) is 0. The van der Waals surface area contributed by atoms with E-state index >= 15 is 0 Å². The Kier molecular flexibility index (Phi) is 7.43. The summed E-state index contributed by atoms with van der Waals surface area (Å²) in [5, 5.41) is 0.722. The fourth-order valence-corrected chi connectivity index (χ4v) is 3.92. The number of hydrogen-bond acceptors (Lipinski definition) is 4. The Morgan fingerprint density at radius 3 is 1.47 bits per heavy atom. The lowest BCUT2D eigenvalue weighted by atomic mass is 10.2. The zero-order chi connectivity index (χ0) is 22.3. The van der Waals surface area contributed by atoms with Crippen molar-refractivity contribution in [3.8, 4) is 23.0 Å². The van der Waals surface area contributed by atoms with Gasteiger partial charge in [0.1, 0.15) is 32.3 Å². The highest BCUT2D eigenvalue weighted by Gasteiger charge is 2.21. The van der Waals surface area contributed by atoms with Crippen molar-refractivity contribution in [2.75, 3.05) is 11.5 Å². The summed E-state index contributed by atoms with van der Waals surface area (Å²) in [5.41, 5.74) is 11.8. The van der Waals surface area contributed by atoms with Crippen LogP contribution in [0.3, 0.4) is 0 Å². The second-order valence-electron chi connectivity index (χ2n) is 5.69. The molecule has 0 saturated carbocycles. The SMILES string of the molecule is Nc1c(Cl)c(Cl)cc(Oc2ccc(Cl)c(Oc3cc(Cl)c(Cl)c(N)c3Cl)c2Cl)c1Cl. The molecule has 30 heavy (non-hydrogen) atoms. The van der Waals surface area contributed by atoms with E-state index < -0.39 is 0 Å². The Bertz CT molecular complexity index is 1170. The number of hydrogen-bond donors (Lipinski definition) is 2. The standard InChI is InChI=1S/C18H8Cl8N2O2/c19-5-1-2-8(29-9-3-6(20)11(22)16(27)13(9)24)15(26)18(5)30-10-4-7(21)12(23)17(28)14(10)25/h1-4H,27-28H2. The molecule has 3 aromatic rings. The first-order valence-corrected chi connectivity index (χ1v) is 10.7. The van der Waals surface area contributed by atoms with Crippen LogP contribution in [0.15, 0.2) is 24.3 Å². The summed E-state index contributed by atoms with van der Waals surface area (Å²) in [5.74, 6) is 0.372. The molecule has 0 spiro atoms. The summed E-state index contributed by atoms with van der Waals surface area (Å²) < 4.78 is 11.5. The number of halogens is 8. The molecule has 3 aromatic carbocycles. The van der Waals surface area contributed by atoms with Gasteiger partial charge in [0, 0.05) is 12.1 Å².